The third-order valence-corrected chi connectivity index (χ3v) is 3.62. The van der Waals surface area contributed by atoms with Crippen LogP contribution in [0.5, 0.6) is 11.5 Å². The Morgan fingerprint density at radius 3 is 2.80 bits per heavy atom. The molecule has 25 heavy (non-hydrogen) atoms. The Kier molecular flexibility index (Phi) is 5.20. The average molecular weight is 358 g/mol. The second-order valence-corrected chi connectivity index (χ2v) is 5.62. The van der Waals surface area contributed by atoms with Crippen LogP contribution in [0.1, 0.15) is 10.4 Å². The molecule has 0 aliphatic heterocycles. The van der Waals surface area contributed by atoms with Gasteiger partial charge in [-0.2, -0.15) is 5.10 Å². The van der Waals surface area contributed by atoms with E-state index >= 15 is 0 Å². The van der Waals surface area contributed by atoms with Crippen molar-refractivity contribution < 1.29 is 14.3 Å². The van der Waals surface area contributed by atoms with Gasteiger partial charge in [0.15, 0.2) is 6.73 Å². The number of anilines is 1. The van der Waals surface area contributed by atoms with Crippen molar-refractivity contribution in [3.63, 3.8) is 0 Å². The van der Waals surface area contributed by atoms with Gasteiger partial charge in [-0.1, -0.05) is 23.7 Å². The summed E-state index contributed by atoms with van der Waals surface area (Å²) in [4.78, 5) is 12.3. The molecular weight excluding hydrogens is 342 g/mol. The lowest BCUT2D eigenvalue weighted by atomic mass is 10.2. The number of amides is 1. The Labute approximate surface area is 149 Å². The molecule has 0 radical (unpaired) electrons. The Balaban J connectivity index is 1.60. The van der Waals surface area contributed by atoms with Gasteiger partial charge in [-0.3, -0.25) is 4.79 Å². The molecule has 1 amide bonds. The number of halogens is 1. The minimum atomic E-state index is -0.241. The average Bonchev–Trinajstić information content (AvgIpc) is 3.07. The van der Waals surface area contributed by atoms with E-state index < -0.39 is 0 Å². The van der Waals surface area contributed by atoms with Gasteiger partial charge in [0.25, 0.3) is 5.91 Å². The van der Waals surface area contributed by atoms with E-state index in [1.165, 1.54) is 0 Å². The van der Waals surface area contributed by atoms with Crippen LogP contribution >= 0.6 is 11.6 Å². The van der Waals surface area contributed by atoms with Crippen LogP contribution in [-0.4, -0.2) is 22.8 Å². The minimum Gasteiger partial charge on any atom is -0.497 e. The molecule has 6 nitrogen and oxygen atoms in total. The quantitative estimate of drug-likeness (QED) is 0.728. The van der Waals surface area contributed by atoms with Crippen molar-refractivity contribution in [1.29, 1.82) is 0 Å². The zero-order valence-electron chi connectivity index (χ0n) is 13.5. The first-order valence-electron chi connectivity index (χ1n) is 7.50. The van der Waals surface area contributed by atoms with E-state index in [0.717, 1.165) is 0 Å². The molecule has 0 saturated carbocycles. The molecule has 128 valence electrons. The molecule has 1 N–H and O–H groups in total. The number of carbonyl (C=O) groups excluding carboxylic acids is 1. The van der Waals surface area contributed by atoms with Crippen molar-refractivity contribution in [3.8, 4) is 11.5 Å². The molecule has 0 aliphatic rings. The molecule has 0 bridgehead atoms. The zero-order chi connectivity index (χ0) is 17.6. The fourth-order valence-corrected chi connectivity index (χ4v) is 2.34. The van der Waals surface area contributed by atoms with Crippen molar-refractivity contribution in [1.82, 2.24) is 9.78 Å². The predicted molar refractivity (Wildman–Crippen MR) is 95.3 cm³/mol. The third kappa shape index (κ3) is 4.51. The van der Waals surface area contributed by atoms with Crippen LogP contribution in [0, 0.1) is 0 Å². The van der Waals surface area contributed by atoms with Crippen molar-refractivity contribution in [3.05, 3.63) is 71.5 Å². The number of rotatable bonds is 6. The number of nitrogens with one attached hydrogen (secondary N) is 1. The number of hydrogen-bond acceptors (Lipinski definition) is 4. The molecule has 3 aromatic rings. The number of hydrogen-bond donors (Lipinski definition) is 1. The molecule has 0 atom stereocenters. The highest BCUT2D eigenvalue weighted by Crippen LogP contribution is 2.18. The normalized spacial score (nSPS) is 10.3. The molecule has 0 aliphatic carbocycles. The van der Waals surface area contributed by atoms with E-state index in [0.29, 0.717) is 27.8 Å². The number of benzene rings is 2. The lowest BCUT2D eigenvalue weighted by Crippen LogP contribution is -2.11. The van der Waals surface area contributed by atoms with Crippen LogP contribution in [0.4, 0.5) is 5.69 Å². The van der Waals surface area contributed by atoms with Crippen molar-refractivity contribution in [2.45, 2.75) is 6.73 Å². The van der Waals surface area contributed by atoms with Crippen molar-refractivity contribution >= 4 is 23.2 Å². The highest BCUT2D eigenvalue weighted by Gasteiger charge is 2.08. The van der Waals surface area contributed by atoms with Gasteiger partial charge in [-0.25, -0.2) is 4.68 Å². The number of methoxy groups -OCH3 is 1. The maximum Gasteiger partial charge on any atom is 0.255 e. The van der Waals surface area contributed by atoms with Crippen LogP contribution in [0.2, 0.25) is 5.02 Å². The molecule has 0 spiro atoms. The Morgan fingerprint density at radius 2 is 2.00 bits per heavy atom. The number of aromatic nitrogens is 2. The summed E-state index contributed by atoms with van der Waals surface area (Å²) in [5, 5.41) is 7.54. The minimum absolute atomic E-state index is 0.204. The number of ether oxygens (including phenoxy) is 2. The number of nitrogens with zero attached hydrogens (tertiary/aromatic N) is 2. The highest BCUT2D eigenvalue weighted by atomic mass is 35.5. The summed E-state index contributed by atoms with van der Waals surface area (Å²) in [6, 6.07) is 14.0. The van der Waals surface area contributed by atoms with Gasteiger partial charge in [-0.05, 0) is 36.4 Å². The van der Waals surface area contributed by atoms with Gasteiger partial charge < -0.3 is 14.8 Å². The van der Waals surface area contributed by atoms with Gasteiger partial charge >= 0.3 is 0 Å². The van der Waals surface area contributed by atoms with Crippen LogP contribution in [0.25, 0.3) is 0 Å². The lowest BCUT2D eigenvalue weighted by Gasteiger charge is -2.06. The second-order valence-electron chi connectivity index (χ2n) is 5.19. The van der Waals surface area contributed by atoms with E-state index in [-0.39, 0.29) is 12.6 Å². The van der Waals surface area contributed by atoms with E-state index in [9.17, 15) is 4.79 Å². The fraction of sp³-hybridized carbons (Fsp3) is 0.111. The molecule has 0 fully saturated rings. The van der Waals surface area contributed by atoms with E-state index in [1.54, 1.807) is 72.7 Å². The van der Waals surface area contributed by atoms with Gasteiger partial charge in [0, 0.05) is 10.6 Å². The van der Waals surface area contributed by atoms with Crippen LogP contribution in [0.15, 0.2) is 60.9 Å². The Bertz CT molecular complexity index is 879. The summed E-state index contributed by atoms with van der Waals surface area (Å²) < 4.78 is 12.3. The first kappa shape index (κ1) is 16.9. The molecule has 1 heterocycles. The first-order valence-corrected chi connectivity index (χ1v) is 7.88. The second kappa shape index (κ2) is 7.72. The van der Waals surface area contributed by atoms with E-state index in [2.05, 4.69) is 10.4 Å². The Hall–Kier alpha value is -2.99. The molecule has 2 aromatic carbocycles. The topological polar surface area (TPSA) is 65.4 Å². The summed E-state index contributed by atoms with van der Waals surface area (Å²) in [6.07, 6.45) is 3.24. The Morgan fingerprint density at radius 1 is 1.20 bits per heavy atom. The molecule has 0 unspecified atom stereocenters. The van der Waals surface area contributed by atoms with Crippen molar-refractivity contribution in [2.24, 2.45) is 0 Å². The van der Waals surface area contributed by atoms with Crippen LogP contribution in [0.3, 0.4) is 0 Å². The van der Waals surface area contributed by atoms with E-state index in [1.807, 2.05) is 0 Å². The summed E-state index contributed by atoms with van der Waals surface area (Å²) in [5.41, 5.74) is 1.07. The summed E-state index contributed by atoms with van der Waals surface area (Å²) in [7, 11) is 1.56. The standard InChI is InChI=1S/C18H16ClN3O3/c1-24-16-6-2-4-13(8-16)18(23)21-15-10-20-22(11-15)12-25-17-7-3-5-14(19)9-17/h2-11H,12H2,1H3,(H,21,23). The number of carbonyl (C=O) groups is 1. The lowest BCUT2D eigenvalue weighted by molar-refractivity contribution is 0.102. The fourth-order valence-electron chi connectivity index (χ4n) is 2.16. The smallest absolute Gasteiger partial charge is 0.255 e. The van der Waals surface area contributed by atoms with Crippen molar-refractivity contribution in [2.75, 3.05) is 12.4 Å². The summed E-state index contributed by atoms with van der Waals surface area (Å²) in [5.74, 6) is 1.03. The molecule has 7 heteroatoms. The summed E-state index contributed by atoms with van der Waals surface area (Å²) in [6.45, 7) is 0.204. The monoisotopic (exact) mass is 357 g/mol. The van der Waals surface area contributed by atoms with Crippen LogP contribution < -0.4 is 14.8 Å². The maximum atomic E-state index is 12.3. The molecule has 0 saturated heterocycles. The van der Waals surface area contributed by atoms with Crippen LogP contribution in [-0.2, 0) is 6.73 Å². The van der Waals surface area contributed by atoms with Gasteiger partial charge in [-0.15, -0.1) is 0 Å². The largest absolute Gasteiger partial charge is 0.497 e. The predicted octanol–water partition coefficient (Wildman–Crippen LogP) is 3.83. The summed E-state index contributed by atoms with van der Waals surface area (Å²) >= 11 is 5.91. The third-order valence-electron chi connectivity index (χ3n) is 3.38. The first-order chi connectivity index (χ1) is 12.1. The van der Waals surface area contributed by atoms with Gasteiger partial charge in [0.2, 0.25) is 0 Å². The SMILES string of the molecule is COc1cccc(C(=O)Nc2cnn(COc3cccc(Cl)c3)c2)c1. The molecule has 1 aromatic heterocycles. The van der Waals surface area contributed by atoms with E-state index in [4.69, 9.17) is 21.1 Å². The van der Waals surface area contributed by atoms with Gasteiger partial charge in [0.05, 0.1) is 25.2 Å². The zero-order valence-corrected chi connectivity index (χ0v) is 14.2. The molecular formula is C18H16ClN3O3. The highest BCUT2D eigenvalue weighted by molar-refractivity contribution is 6.30. The maximum absolute atomic E-state index is 12.3. The molecule has 3 rings (SSSR count). The van der Waals surface area contributed by atoms with Gasteiger partial charge in [0.1, 0.15) is 11.5 Å².